The molecular formula is C14H21ClO4S. The van der Waals surface area contributed by atoms with E-state index in [4.69, 9.17) is 20.2 Å². The number of benzene rings is 1. The maximum atomic E-state index is 11.6. The second-order valence-corrected chi connectivity index (χ2v) is 7.94. The molecule has 0 atom stereocenters. The molecule has 0 saturated carbocycles. The molecule has 0 aliphatic rings. The molecule has 4 nitrogen and oxygen atoms in total. The normalized spacial score (nSPS) is 12.5. The Morgan fingerprint density at radius 2 is 1.85 bits per heavy atom. The average Bonchev–Trinajstić information content (AvgIpc) is 2.30. The fraction of sp³-hybridized carbons (Fsp3) is 0.571. The SMILES string of the molecule is COC(C)(C)CCOc1c(C)cc(C)cc1S(=O)(=O)Cl. The van der Waals surface area contributed by atoms with Crippen molar-refractivity contribution in [2.45, 2.75) is 44.6 Å². The molecule has 0 aromatic heterocycles. The Hall–Kier alpha value is -0.780. The molecule has 0 bridgehead atoms. The van der Waals surface area contributed by atoms with Gasteiger partial charge in [0, 0.05) is 24.2 Å². The van der Waals surface area contributed by atoms with Gasteiger partial charge < -0.3 is 9.47 Å². The largest absolute Gasteiger partial charge is 0.492 e. The minimum atomic E-state index is -3.83. The first-order chi connectivity index (χ1) is 9.07. The van der Waals surface area contributed by atoms with Gasteiger partial charge in [0.05, 0.1) is 12.2 Å². The fourth-order valence-electron chi connectivity index (χ4n) is 1.78. The Morgan fingerprint density at radius 3 is 2.35 bits per heavy atom. The van der Waals surface area contributed by atoms with Crippen molar-refractivity contribution in [3.05, 3.63) is 23.3 Å². The van der Waals surface area contributed by atoms with Gasteiger partial charge in [0.15, 0.2) is 0 Å². The Bertz CT molecular complexity index is 579. The molecule has 1 aromatic carbocycles. The second-order valence-electron chi connectivity index (χ2n) is 5.41. The molecule has 0 radical (unpaired) electrons. The summed E-state index contributed by atoms with van der Waals surface area (Å²) in [4.78, 5) is 0.0203. The molecule has 6 heteroatoms. The molecule has 0 aliphatic heterocycles. The molecule has 20 heavy (non-hydrogen) atoms. The maximum Gasteiger partial charge on any atom is 0.265 e. The van der Waals surface area contributed by atoms with Crippen molar-refractivity contribution in [2.24, 2.45) is 0 Å². The van der Waals surface area contributed by atoms with Gasteiger partial charge in [-0.1, -0.05) is 6.07 Å². The second kappa shape index (κ2) is 6.33. The summed E-state index contributed by atoms with van der Waals surface area (Å²) >= 11 is 0. The lowest BCUT2D eigenvalue weighted by atomic mass is 10.1. The zero-order chi connectivity index (χ0) is 15.6. The van der Waals surface area contributed by atoms with E-state index >= 15 is 0 Å². The lowest BCUT2D eigenvalue weighted by Crippen LogP contribution is -2.25. The zero-order valence-electron chi connectivity index (χ0n) is 12.5. The van der Waals surface area contributed by atoms with Gasteiger partial charge in [-0.15, -0.1) is 0 Å². The summed E-state index contributed by atoms with van der Waals surface area (Å²) in [5.41, 5.74) is 1.25. The Kier molecular flexibility index (Phi) is 5.46. The molecule has 114 valence electrons. The number of halogens is 1. The summed E-state index contributed by atoms with van der Waals surface area (Å²) in [5.74, 6) is 0.317. The number of hydrogen-bond donors (Lipinski definition) is 0. The molecular weight excluding hydrogens is 300 g/mol. The summed E-state index contributed by atoms with van der Waals surface area (Å²) in [6, 6.07) is 3.38. The predicted molar refractivity (Wildman–Crippen MR) is 80.2 cm³/mol. The molecule has 0 aliphatic carbocycles. The third kappa shape index (κ3) is 4.65. The molecule has 0 fully saturated rings. The molecule has 1 aromatic rings. The smallest absolute Gasteiger partial charge is 0.265 e. The van der Waals surface area contributed by atoms with Gasteiger partial charge in [0.1, 0.15) is 10.6 Å². The third-order valence-electron chi connectivity index (χ3n) is 3.15. The van der Waals surface area contributed by atoms with E-state index in [2.05, 4.69) is 0 Å². The van der Waals surface area contributed by atoms with E-state index < -0.39 is 9.05 Å². The van der Waals surface area contributed by atoms with Crippen LogP contribution in [0.4, 0.5) is 0 Å². The first kappa shape index (κ1) is 17.3. The van der Waals surface area contributed by atoms with Crippen LogP contribution in [0.5, 0.6) is 5.75 Å². The Balaban J connectivity index is 3.01. The van der Waals surface area contributed by atoms with Gasteiger partial charge in [-0.05, 0) is 44.9 Å². The Morgan fingerprint density at radius 1 is 1.25 bits per heavy atom. The average molecular weight is 321 g/mol. The third-order valence-corrected chi connectivity index (χ3v) is 4.48. The quantitative estimate of drug-likeness (QED) is 0.754. The number of methoxy groups -OCH3 is 1. The van der Waals surface area contributed by atoms with E-state index in [9.17, 15) is 8.42 Å². The van der Waals surface area contributed by atoms with E-state index in [1.807, 2.05) is 26.8 Å². The van der Waals surface area contributed by atoms with E-state index in [0.29, 0.717) is 18.8 Å². The van der Waals surface area contributed by atoms with Crippen molar-refractivity contribution in [3.8, 4) is 5.75 Å². The lowest BCUT2D eigenvalue weighted by Gasteiger charge is -2.23. The minimum Gasteiger partial charge on any atom is -0.492 e. The van der Waals surface area contributed by atoms with Crippen LogP contribution in [0.2, 0.25) is 0 Å². The number of ether oxygens (including phenoxy) is 2. The highest BCUT2D eigenvalue weighted by atomic mass is 35.7. The van der Waals surface area contributed by atoms with Crippen LogP contribution in [0, 0.1) is 13.8 Å². The number of hydrogen-bond acceptors (Lipinski definition) is 4. The fourth-order valence-corrected chi connectivity index (χ4v) is 2.89. The van der Waals surface area contributed by atoms with Gasteiger partial charge in [-0.3, -0.25) is 0 Å². The van der Waals surface area contributed by atoms with Gasteiger partial charge in [0.25, 0.3) is 9.05 Å². The van der Waals surface area contributed by atoms with Crippen LogP contribution in [0.1, 0.15) is 31.4 Å². The highest BCUT2D eigenvalue weighted by molar-refractivity contribution is 8.13. The first-order valence-electron chi connectivity index (χ1n) is 6.31. The monoisotopic (exact) mass is 320 g/mol. The van der Waals surface area contributed by atoms with Crippen molar-refractivity contribution in [1.82, 2.24) is 0 Å². The topological polar surface area (TPSA) is 52.6 Å². The van der Waals surface area contributed by atoms with Crippen LogP contribution in [0.15, 0.2) is 17.0 Å². The van der Waals surface area contributed by atoms with Crippen LogP contribution < -0.4 is 4.74 Å². The summed E-state index contributed by atoms with van der Waals surface area (Å²) in [6.07, 6.45) is 0.637. The predicted octanol–water partition coefficient (Wildman–Crippen LogP) is 3.42. The van der Waals surface area contributed by atoms with Crippen LogP contribution >= 0.6 is 10.7 Å². The molecule has 0 N–H and O–H groups in total. The van der Waals surface area contributed by atoms with E-state index in [1.54, 1.807) is 14.0 Å². The molecule has 0 heterocycles. The van der Waals surface area contributed by atoms with Gasteiger partial charge in [-0.2, -0.15) is 0 Å². The molecule has 1 rings (SSSR count). The highest BCUT2D eigenvalue weighted by Gasteiger charge is 2.21. The van der Waals surface area contributed by atoms with Crippen LogP contribution in [0.3, 0.4) is 0 Å². The summed E-state index contributed by atoms with van der Waals surface area (Å²) in [7, 11) is 3.27. The minimum absolute atomic E-state index is 0.0203. The van der Waals surface area contributed by atoms with Crippen molar-refractivity contribution in [3.63, 3.8) is 0 Å². The summed E-state index contributed by atoms with van der Waals surface area (Å²) in [5, 5.41) is 0. The standard InChI is InChI=1S/C14H21ClO4S/c1-10-8-11(2)13(12(9-10)20(15,16)17)19-7-6-14(3,4)18-5/h8-9H,6-7H2,1-5H3. The lowest BCUT2D eigenvalue weighted by molar-refractivity contribution is 0.00516. The van der Waals surface area contributed by atoms with Crippen LogP contribution in [-0.4, -0.2) is 27.7 Å². The molecule has 0 saturated heterocycles. The van der Waals surface area contributed by atoms with Crippen LogP contribution in [-0.2, 0) is 13.8 Å². The first-order valence-corrected chi connectivity index (χ1v) is 8.61. The van der Waals surface area contributed by atoms with Crippen molar-refractivity contribution >= 4 is 19.7 Å². The van der Waals surface area contributed by atoms with Gasteiger partial charge >= 0.3 is 0 Å². The van der Waals surface area contributed by atoms with Crippen molar-refractivity contribution in [2.75, 3.05) is 13.7 Å². The van der Waals surface area contributed by atoms with Crippen molar-refractivity contribution in [1.29, 1.82) is 0 Å². The summed E-state index contributed by atoms with van der Waals surface area (Å²) < 4.78 is 34.2. The number of rotatable bonds is 6. The molecule has 0 amide bonds. The molecule has 0 spiro atoms. The number of aryl methyl sites for hydroxylation is 2. The summed E-state index contributed by atoms with van der Waals surface area (Å²) in [6.45, 7) is 7.85. The van der Waals surface area contributed by atoms with E-state index in [0.717, 1.165) is 11.1 Å². The van der Waals surface area contributed by atoms with Gasteiger partial charge in [0.2, 0.25) is 0 Å². The van der Waals surface area contributed by atoms with Crippen molar-refractivity contribution < 1.29 is 17.9 Å². The zero-order valence-corrected chi connectivity index (χ0v) is 14.1. The van der Waals surface area contributed by atoms with E-state index in [1.165, 1.54) is 6.07 Å². The Labute approximate surface area is 125 Å². The molecule has 0 unspecified atom stereocenters. The van der Waals surface area contributed by atoms with Gasteiger partial charge in [-0.25, -0.2) is 8.42 Å². The van der Waals surface area contributed by atoms with E-state index in [-0.39, 0.29) is 10.5 Å². The highest BCUT2D eigenvalue weighted by Crippen LogP contribution is 2.32. The maximum absolute atomic E-state index is 11.6. The van der Waals surface area contributed by atoms with Crippen LogP contribution in [0.25, 0.3) is 0 Å².